The number of nitrogens with two attached hydrogens (primary N) is 1. The van der Waals surface area contributed by atoms with Gasteiger partial charge in [-0.05, 0) is 11.8 Å². The molecule has 0 unspecified atom stereocenters. The minimum absolute atomic E-state index is 0.129. The highest BCUT2D eigenvalue weighted by Gasteiger charge is 2.34. The minimum Gasteiger partial charge on any atom is -0.336 e. The molecule has 0 fully saturated rings. The summed E-state index contributed by atoms with van der Waals surface area (Å²) in [5, 5.41) is 12.2. The smallest absolute Gasteiger partial charge is 0.336 e. The quantitative estimate of drug-likeness (QED) is 0.551. The topological polar surface area (TPSA) is 99.8 Å². The van der Waals surface area contributed by atoms with E-state index in [1.807, 2.05) is 20.8 Å². The van der Waals surface area contributed by atoms with E-state index in [2.05, 4.69) is 25.3 Å². The van der Waals surface area contributed by atoms with Gasteiger partial charge in [-0.2, -0.15) is 27.8 Å². The molecule has 0 saturated heterocycles. The molecule has 3 aromatic heterocycles. The number of rotatable bonds is 2. The lowest BCUT2D eigenvalue weighted by molar-refractivity contribution is -0.141. The Kier molecular flexibility index (Phi) is 3.66. The van der Waals surface area contributed by atoms with Crippen LogP contribution >= 0.6 is 11.8 Å². The Morgan fingerprint density at radius 2 is 1.88 bits per heavy atom. The molecule has 12 heteroatoms. The maximum Gasteiger partial charge on any atom is 0.433 e. The zero-order valence-electron chi connectivity index (χ0n) is 12.9. The van der Waals surface area contributed by atoms with Gasteiger partial charge in [-0.1, -0.05) is 20.8 Å². The number of aromatic nitrogens is 7. The van der Waals surface area contributed by atoms with Crippen LogP contribution in [0.5, 0.6) is 0 Å². The van der Waals surface area contributed by atoms with Crippen molar-refractivity contribution in [1.29, 1.82) is 0 Å². The van der Waals surface area contributed by atoms with Crippen LogP contribution in [0.1, 0.15) is 32.3 Å². The molecule has 0 radical (unpaired) electrons. The molecule has 0 amide bonds. The summed E-state index contributed by atoms with van der Waals surface area (Å²) in [7, 11) is 0. The van der Waals surface area contributed by atoms with Gasteiger partial charge < -0.3 is 5.84 Å². The molecule has 8 nitrogen and oxygen atoms in total. The van der Waals surface area contributed by atoms with Crippen molar-refractivity contribution in [3.05, 3.63) is 23.9 Å². The first-order chi connectivity index (χ1) is 11.1. The maximum absolute atomic E-state index is 13.0. The summed E-state index contributed by atoms with van der Waals surface area (Å²) in [5.74, 6) is 6.31. The first-order valence-corrected chi connectivity index (χ1v) is 7.56. The van der Waals surface area contributed by atoms with Gasteiger partial charge in [0.15, 0.2) is 11.5 Å². The van der Waals surface area contributed by atoms with Gasteiger partial charge >= 0.3 is 6.18 Å². The molecule has 0 bridgehead atoms. The first-order valence-electron chi connectivity index (χ1n) is 6.74. The number of hydrogen-bond donors (Lipinski definition) is 1. The molecule has 0 aromatic carbocycles. The van der Waals surface area contributed by atoms with Crippen LogP contribution in [0.15, 0.2) is 22.6 Å². The molecule has 128 valence electrons. The summed E-state index contributed by atoms with van der Waals surface area (Å²) in [6.07, 6.45) is -3.48. The van der Waals surface area contributed by atoms with Gasteiger partial charge in [-0.15, -0.1) is 10.2 Å². The van der Waals surface area contributed by atoms with Crippen LogP contribution in [0.25, 0.3) is 5.78 Å². The largest absolute Gasteiger partial charge is 0.433 e. The van der Waals surface area contributed by atoms with Crippen LogP contribution < -0.4 is 5.84 Å². The highest BCUT2D eigenvalue weighted by Crippen LogP contribution is 2.33. The van der Waals surface area contributed by atoms with Crippen LogP contribution in [0, 0.1) is 0 Å². The highest BCUT2D eigenvalue weighted by molar-refractivity contribution is 7.99. The lowest BCUT2D eigenvalue weighted by atomic mass is 9.96. The summed E-state index contributed by atoms with van der Waals surface area (Å²) in [6.45, 7) is 5.70. The second-order valence-corrected chi connectivity index (χ2v) is 6.97. The normalized spacial score (nSPS) is 12.9. The number of hydrogen-bond acceptors (Lipinski definition) is 7. The Morgan fingerprint density at radius 3 is 2.46 bits per heavy atom. The SMILES string of the molecule is CC(C)(C)c1nnc(Sc2cc(C(F)(F)F)nc3ncnn23)n1N. The molecule has 3 heterocycles. The molecule has 0 aliphatic carbocycles. The summed E-state index contributed by atoms with van der Waals surface area (Å²) >= 11 is 0.900. The molecular weight excluding hydrogens is 345 g/mol. The second kappa shape index (κ2) is 5.33. The monoisotopic (exact) mass is 358 g/mol. The van der Waals surface area contributed by atoms with Crippen LogP contribution in [0.4, 0.5) is 13.2 Å². The standard InChI is InChI=1S/C12H13F3N8S/c1-11(2,3)8-20-21-10(22(8)16)24-7-4-6(12(13,14)15)19-9-17-5-18-23(7)9/h4-5H,16H2,1-3H3. The van der Waals surface area contributed by atoms with Gasteiger partial charge in [0.25, 0.3) is 5.78 Å². The molecule has 3 aromatic rings. The fourth-order valence-electron chi connectivity index (χ4n) is 1.95. The molecule has 0 spiro atoms. The van der Waals surface area contributed by atoms with E-state index < -0.39 is 11.9 Å². The average Bonchev–Trinajstić information content (AvgIpc) is 3.04. The van der Waals surface area contributed by atoms with Crippen molar-refractivity contribution in [3.63, 3.8) is 0 Å². The van der Waals surface area contributed by atoms with Crippen LogP contribution in [0.3, 0.4) is 0 Å². The van der Waals surface area contributed by atoms with E-state index in [9.17, 15) is 13.2 Å². The number of fused-ring (bicyclic) bond motifs is 1. The highest BCUT2D eigenvalue weighted by atomic mass is 32.2. The van der Waals surface area contributed by atoms with Crippen molar-refractivity contribution in [2.45, 2.75) is 42.5 Å². The number of nitrogens with zero attached hydrogens (tertiary/aromatic N) is 7. The molecule has 2 N–H and O–H groups in total. The lowest BCUT2D eigenvalue weighted by Gasteiger charge is -2.16. The van der Waals surface area contributed by atoms with Crippen molar-refractivity contribution in [2.24, 2.45) is 0 Å². The average molecular weight is 358 g/mol. The Labute approximate surface area is 138 Å². The van der Waals surface area contributed by atoms with Crippen molar-refractivity contribution in [2.75, 3.05) is 5.84 Å². The predicted octanol–water partition coefficient (Wildman–Crippen LogP) is 1.90. The number of halogens is 3. The summed E-state index contributed by atoms with van der Waals surface area (Å²) in [5.41, 5.74) is -1.43. The van der Waals surface area contributed by atoms with E-state index in [1.165, 1.54) is 9.19 Å². The third-order valence-electron chi connectivity index (χ3n) is 3.04. The van der Waals surface area contributed by atoms with Gasteiger partial charge in [0.2, 0.25) is 5.16 Å². The third kappa shape index (κ3) is 2.88. The Morgan fingerprint density at radius 1 is 1.17 bits per heavy atom. The zero-order valence-corrected chi connectivity index (χ0v) is 13.7. The van der Waals surface area contributed by atoms with Crippen molar-refractivity contribution >= 4 is 17.5 Å². The molecular formula is C12H13F3N8S. The molecule has 0 saturated carbocycles. The number of alkyl halides is 3. The van der Waals surface area contributed by atoms with E-state index in [1.54, 1.807) is 0 Å². The van der Waals surface area contributed by atoms with Gasteiger partial charge in [0.05, 0.1) is 0 Å². The van der Waals surface area contributed by atoms with Crippen molar-refractivity contribution in [3.8, 4) is 0 Å². The van der Waals surface area contributed by atoms with E-state index in [0.717, 1.165) is 24.2 Å². The molecule has 0 aliphatic heterocycles. The van der Waals surface area contributed by atoms with Gasteiger partial charge in [-0.25, -0.2) is 9.66 Å². The van der Waals surface area contributed by atoms with Crippen molar-refractivity contribution in [1.82, 2.24) is 34.5 Å². The molecule has 3 rings (SSSR count). The maximum atomic E-state index is 13.0. The Balaban J connectivity index is 2.07. The van der Waals surface area contributed by atoms with Gasteiger partial charge in [0.1, 0.15) is 11.4 Å². The zero-order chi connectivity index (χ0) is 17.7. The lowest BCUT2D eigenvalue weighted by Crippen LogP contribution is -2.24. The fraction of sp³-hybridized carbons (Fsp3) is 0.417. The Hall–Kier alpha value is -2.37. The van der Waals surface area contributed by atoms with E-state index in [4.69, 9.17) is 5.84 Å². The molecule has 24 heavy (non-hydrogen) atoms. The first kappa shape index (κ1) is 16.5. The van der Waals surface area contributed by atoms with E-state index in [0.29, 0.717) is 5.82 Å². The van der Waals surface area contributed by atoms with E-state index >= 15 is 0 Å². The van der Waals surface area contributed by atoms with Crippen molar-refractivity contribution < 1.29 is 13.2 Å². The predicted molar refractivity (Wildman–Crippen MR) is 78.8 cm³/mol. The third-order valence-corrected chi connectivity index (χ3v) is 4.00. The number of nitrogen functional groups attached to an aromatic ring is 1. The summed E-state index contributed by atoms with van der Waals surface area (Å²) in [6, 6.07) is 0.873. The van der Waals surface area contributed by atoms with Crippen LogP contribution in [-0.2, 0) is 11.6 Å². The summed E-state index contributed by atoms with van der Waals surface area (Å²) in [4.78, 5) is 7.17. The van der Waals surface area contributed by atoms with Crippen LogP contribution in [0.2, 0.25) is 0 Å². The van der Waals surface area contributed by atoms with E-state index in [-0.39, 0.29) is 21.4 Å². The molecule has 0 atom stereocenters. The molecule has 0 aliphatic rings. The van der Waals surface area contributed by atoms with Crippen LogP contribution in [-0.4, -0.2) is 34.5 Å². The Bertz CT molecular complexity index is 892. The van der Waals surface area contributed by atoms with Gasteiger partial charge in [0, 0.05) is 11.5 Å². The second-order valence-electron chi connectivity index (χ2n) is 5.98. The summed E-state index contributed by atoms with van der Waals surface area (Å²) < 4.78 is 41.4. The minimum atomic E-state index is -4.60. The fourth-order valence-corrected chi connectivity index (χ4v) is 2.79. The van der Waals surface area contributed by atoms with Gasteiger partial charge in [-0.3, -0.25) is 0 Å².